The van der Waals surface area contributed by atoms with Crippen LogP contribution in [0, 0.1) is 0 Å². The number of carbonyl (C=O) groups is 2. The first-order chi connectivity index (χ1) is 14.7. The number of piperazine rings is 1. The molecule has 0 unspecified atom stereocenters. The van der Waals surface area contributed by atoms with Gasteiger partial charge in [-0.2, -0.15) is 0 Å². The maximum absolute atomic E-state index is 13.1. The minimum atomic E-state index is 0.0731. The van der Waals surface area contributed by atoms with E-state index in [0.717, 1.165) is 23.4 Å². The van der Waals surface area contributed by atoms with Crippen molar-refractivity contribution in [2.24, 2.45) is 0 Å². The summed E-state index contributed by atoms with van der Waals surface area (Å²) in [5, 5.41) is 0. The standard InChI is InChI=1S/C24H23N3O2S/c28-22(16-19-6-3-4-10-25-19)26-11-13-27(14-12-26)24(29)21-15-18-9-8-17-5-1-2-7-20(17)23(18)30-21/h1-7,10,15H,8-9,11-14,16H2. The molecule has 1 aliphatic heterocycles. The van der Waals surface area contributed by atoms with Crippen LogP contribution in [-0.4, -0.2) is 52.8 Å². The number of carbonyl (C=O) groups excluding carboxylic acids is 2. The molecule has 1 aliphatic carbocycles. The normalized spacial score (nSPS) is 15.5. The molecular formula is C24H23N3O2S. The Morgan fingerprint density at radius 2 is 1.63 bits per heavy atom. The van der Waals surface area contributed by atoms with Gasteiger partial charge in [0, 0.05) is 42.9 Å². The third-order valence-electron chi connectivity index (χ3n) is 5.92. The molecule has 5 nitrogen and oxygen atoms in total. The Morgan fingerprint density at radius 1 is 0.900 bits per heavy atom. The van der Waals surface area contributed by atoms with E-state index in [4.69, 9.17) is 0 Å². The van der Waals surface area contributed by atoms with Crippen LogP contribution in [0.25, 0.3) is 10.4 Å². The Balaban J connectivity index is 1.24. The van der Waals surface area contributed by atoms with E-state index in [1.807, 2.05) is 28.0 Å². The van der Waals surface area contributed by atoms with Gasteiger partial charge in [0.25, 0.3) is 5.91 Å². The molecule has 0 bridgehead atoms. The first-order valence-corrected chi connectivity index (χ1v) is 11.2. The largest absolute Gasteiger partial charge is 0.339 e. The first-order valence-electron chi connectivity index (χ1n) is 10.4. The van der Waals surface area contributed by atoms with Crippen LogP contribution in [0.3, 0.4) is 0 Å². The highest BCUT2D eigenvalue weighted by Gasteiger charge is 2.28. The van der Waals surface area contributed by atoms with Crippen LogP contribution in [-0.2, 0) is 24.1 Å². The van der Waals surface area contributed by atoms with Gasteiger partial charge in [-0.3, -0.25) is 14.6 Å². The van der Waals surface area contributed by atoms with Crippen molar-refractivity contribution in [3.63, 3.8) is 0 Å². The fourth-order valence-electron chi connectivity index (χ4n) is 4.26. The summed E-state index contributed by atoms with van der Waals surface area (Å²) in [6.45, 7) is 2.30. The smallest absolute Gasteiger partial charge is 0.264 e. The van der Waals surface area contributed by atoms with Gasteiger partial charge in [0.15, 0.2) is 0 Å². The summed E-state index contributed by atoms with van der Waals surface area (Å²) in [6, 6.07) is 16.2. The molecule has 0 N–H and O–H groups in total. The van der Waals surface area contributed by atoms with Crippen LogP contribution in [0.1, 0.15) is 26.5 Å². The van der Waals surface area contributed by atoms with Crippen LogP contribution < -0.4 is 0 Å². The van der Waals surface area contributed by atoms with Crippen molar-refractivity contribution in [2.45, 2.75) is 19.3 Å². The number of aryl methyl sites for hydroxylation is 2. The van der Waals surface area contributed by atoms with Crippen LogP contribution in [0.15, 0.2) is 54.7 Å². The third kappa shape index (κ3) is 3.63. The summed E-state index contributed by atoms with van der Waals surface area (Å²) in [4.78, 5) is 35.7. The zero-order valence-corrected chi connectivity index (χ0v) is 17.5. The maximum Gasteiger partial charge on any atom is 0.264 e. The Labute approximate surface area is 180 Å². The van der Waals surface area contributed by atoms with Gasteiger partial charge >= 0.3 is 0 Å². The number of nitrogens with zero attached hydrogens (tertiary/aromatic N) is 3. The van der Waals surface area contributed by atoms with E-state index in [0.29, 0.717) is 32.6 Å². The van der Waals surface area contributed by atoms with Gasteiger partial charge in [0.05, 0.1) is 11.3 Å². The molecule has 2 aromatic heterocycles. The van der Waals surface area contributed by atoms with Crippen molar-refractivity contribution >= 4 is 23.2 Å². The monoisotopic (exact) mass is 417 g/mol. The summed E-state index contributed by atoms with van der Waals surface area (Å²) < 4.78 is 0. The van der Waals surface area contributed by atoms with Gasteiger partial charge in [-0.05, 0) is 47.7 Å². The predicted octanol–water partition coefficient (Wildman–Crippen LogP) is 3.44. The molecule has 2 amide bonds. The number of thiophene rings is 1. The van der Waals surface area contributed by atoms with E-state index in [2.05, 4.69) is 35.3 Å². The van der Waals surface area contributed by atoms with Crippen molar-refractivity contribution in [3.05, 3.63) is 76.4 Å². The van der Waals surface area contributed by atoms with E-state index in [9.17, 15) is 9.59 Å². The lowest BCUT2D eigenvalue weighted by atomic mass is 9.91. The number of hydrogen-bond acceptors (Lipinski definition) is 4. The first kappa shape index (κ1) is 19.0. The van der Waals surface area contributed by atoms with E-state index < -0.39 is 0 Å². The van der Waals surface area contributed by atoms with Crippen LogP contribution in [0.2, 0.25) is 0 Å². The second-order valence-corrected chi connectivity index (χ2v) is 8.85. The van der Waals surface area contributed by atoms with Crippen molar-refractivity contribution in [3.8, 4) is 10.4 Å². The summed E-state index contributed by atoms with van der Waals surface area (Å²) in [6.07, 6.45) is 4.04. The molecule has 30 heavy (non-hydrogen) atoms. The molecule has 3 heterocycles. The highest BCUT2D eigenvalue weighted by molar-refractivity contribution is 7.17. The molecular weight excluding hydrogens is 394 g/mol. The lowest BCUT2D eigenvalue weighted by Gasteiger charge is -2.34. The van der Waals surface area contributed by atoms with Gasteiger partial charge in [-0.1, -0.05) is 30.3 Å². The van der Waals surface area contributed by atoms with Gasteiger partial charge in [0.2, 0.25) is 5.91 Å². The highest BCUT2D eigenvalue weighted by atomic mass is 32.1. The van der Waals surface area contributed by atoms with Gasteiger partial charge in [0.1, 0.15) is 0 Å². The fourth-order valence-corrected chi connectivity index (χ4v) is 5.50. The van der Waals surface area contributed by atoms with E-state index >= 15 is 0 Å². The lowest BCUT2D eigenvalue weighted by molar-refractivity contribution is -0.132. The number of benzene rings is 1. The Morgan fingerprint density at radius 3 is 2.43 bits per heavy atom. The summed E-state index contributed by atoms with van der Waals surface area (Å²) in [7, 11) is 0. The number of pyridine rings is 1. The number of fused-ring (bicyclic) bond motifs is 3. The number of amides is 2. The average Bonchev–Trinajstić information content (AvgIpc) is 3.24. The van der Waals surface area contributed by atoms with Gasteiger partial charge in [-0.25, -0.2) is 0 Å². The number of aromatic nitrogens is 1. The molecule has 3 aromatic rings. The Hall–Kier alpha value is -2.99. The maximum atomic E-state index is 13.1. The molecule has 0 atom stereocenters. The molecule has 1 aromatic carbocycles. The van der Waals surface area contributed by atoms with E-state index in [-0.39, 0.29) is 11.8 Å². The van der Waals surface area contributed by atoms with Crippen LogP contribution in [0.4, 0.5) is 0 Å². The third-order valence-corrected chi connectivity index (χ3v) is 7.12. The minimum Gasteiger partial charge on any atom is -0.339 e. The highest BCUT2D eigenvalue weighted by Crippen LogP contribution is 2.39. The van der Waals surface area contributed by atoms with E-state index in [1.165, 1.54) is 21.6 Å². The molecule has 0 radical (unpaired) electrons. The van der Waals surface area contributed by atoms with Crippen molar-refractivity contribution in [2.75, 3.05) is 26.2 Å². The van der Waals surface area contributed by atoms with Crippen LogP contribution >= 0.6 is 11.3 Å². The van der Waals surface area contributed by atoms with Gasteiger partial charge < -0.3 is 9.80 Å². The fraction of sp³-hybridized carbons (Fsp3) is 0.292. The Bertz CT molecular complexity index is 1080. The Kier molecular flexibility index (Phi) is 5.09. The topological polar surface area (TPSA) is 53.5 Å². The van der Waals surface area contributed by atoms with Gasteiger partial charge in [-0.15, -0.1) is 11.3 Å². The van der Waals surface area contributed by atoms with E-state index in [1.54, 1.807) is 17.5 Å². The zero-order chi connectivity index (χ0) is 20.5. The van der Waals surface area contributed by atoms with Crippen LogP contribution in [0.5, 0.6) is 0 Å². The molecule has 0 spiro atoms. The quantitative estimate of drug-likeness (QED) is 0.656. The molecule has 5 rings (SSSR count). The zero-order valence-electron chi connectivity index (χ0n) is 16.7. The van der Waals surface area contributed by atoms with Crippen molar-refractivity contribution in [1.29, 1.82) is 0 Å². The predicted molar refractivity (Wildman–Crippen MR) is 118 cm³/mol. The summed E-state index contributed by atoms with van der Waals surface area (Å²) in [5.41, 5.74) is 4.70. The number of rotatable bonds is 3. The number of hydrogen-bond donors (Lipinski definition) is 0. The molecule has 1 fully saturated rings. The lowest BCUT2D eigenvalue weighted by Crippen LogP contribution is -2.50. The molecule has 152 valence electrons. The second kappa shape index (κ2) is 8.03. The summed E-state index contributed by atoms with van der Waals surface area (Å²) in [5.74, 6) is 0.160. The average molecular weight is 418 g/mol. The molecule has 1 saturated heterocycles. The molecule has 2 aliphatic rings. The van der Waals surface area contributed by atoms with Crippen molar-refractivity contribution in [1.82, 2.24) is 14.8 Å². The minimum absolute atomic E-state index is 0.0731. The summed E-state index contributed by atoms with van der Waals surface area (Å²) >= 11 is 1.61. The SMILES string of the molecule is O=C(Cc1ccccn1)N1CCN(C(=O)c2cc3c(s2)-c2ccccc2CC3)CC1. The molecule has 0 saturated carbocycles. The van der Waals surface area contributed by atoms with Crippen molar-refractivity contribution < 1.29 is 9.59 Å². The second-order valence-electron chi connectivity index (χ2n) is 7.79. The molecule has 6 heteroatoms.